The van der Waals surface area contributed by atoms with Crippen LogP contribution in [0.25, 0.3) is 11.1 Å². The van der Waals surface area contributed by atoms with E-state index >= 15 is 0 Å². The molecular weight excluding hydrogens is 352 g/mol. The van der Waals surface area contributed by atoms with Crippen LogP contribution in [-0.2, 0) is 10.0 Å². The minimum Gasteiger partial charge on any atom is -0.495 e. The molecule has 3 aromatic rings. The fourth-order valence-corrected chi connectivity index (χ4v) is 3.29. The number of oxazole rings is 1. The van der Waals surface area contributed by atoms with Crippen LogP contribution in [0.4, 0.5) is 5.69 Å². The average molecular weight is 364 g/mol. The molecular formula is C15H12N2O7S. The average Bonchev–Trinajstić information content (AvgIpc) is 2.93. The van der Waals surface area contributed by atoms with Crippen LogP contribution in [0, 0.1) is 0 Å². The zero-order valence-corrected chi connectivity index (χ0v) is 13.6. The molecule has 3 N–H and O–H groups in total. The Bertz CT molecular complexity index is 1130. The lowest BCUT2D eigenvalue weighted by molar-refractivity contribution is 0.0697. The van der Waals surface area contributed by atoms with E-state index in [1.54, 1.807) is 0 Å². The summed E-state index contributed by atoms with van der Waals surface area (Å²) in [7, 11) is -2.74. The summed E-state index contributed by atoms with van der Waals surface area (Å²) < 4.78 is 37.3. The van der Waals surface area contributed by atoms with Crippen molar-refractivity contribution in [1.29, 1.82) is 0 Å². The molecule has 0 radical (unpaired) electrons. The molecule has 0 aliphatic carbocycles. The Labute approximate surface area is 140 Å². The summed E-state index contributed by atoms with van der Waals surface area (Å²) in [5, 5.41) is 9.05. The number of hydrogen-bond acceptors (Lipinski definition) is 6. The van der Waals surface area contributed by atoms with Crippen LogP contribution in [0.15, 0.2) is 50.5 Å². The summed E-state index contributed by atoms with van der Waals surface area (Å²) in [5.74, 6) is -1.75. The molecule has 0 aliphatic rings. The maximum absolute atomic E-state index is 12.6. The SMILES string of the molecule is COc1ccc(C(=O)O)cc1NS(=O)(=O)c1ccc2[nH]c(=O)oc2c1. The lowest BCUT2D eigenvalue weighted by Gasteiger charge is -2.12. The molecule has 0 saturated carbocycles. The fourth-order valence-electron chi connectivity index (χ4n) is 2.22. The number of ether oxygens (including phenoxy) is 1. The van der Waals surface area contributed by atoms with E-state index < -0.39 is 21.7 Å². The number of aromatic amines is 1. The summed E-state index contributed by atoms with van der Waals surface area (Å²) in [6.45, 7) is 0. The molecule has 2 aromatic carbocycles. The first-order valence-electron chi connectivity index (χ1n) is 6.87. The van der Waals surface area contributed by atoms with Gasteiger partial charge in [-0.25, -0.2) is 18.0 Å². The number of nitrogens with one attached hydrogen (secondary N) is 2. The fraction of sp³-hybridized carbons (Fsp3) is 0.0667. The summed E-state index contributed by atoms with van der Waals surface area (Å²) in [5.41, 5.74) is 0.303. The second-order valence-corrected chi connectivity index (χ2v) is 6.68. The Balaban J connectivity index is 2.04. The van der Waals surface area contributed by atoms with Crippen molar-refractivity contribution >= 4 is 32.8 Å². The molecule has 0 amide bonds. The van der Waals surface area contributed by atoms with E-state index in [1.165, 1.54) is 37.4 Å². The summed E-state index contributed by atoms with van der Waals surface area (Å²) >= 11 is 0. The van der Waals surface area contributed by atoms with Crippen molar-refractivity contribution in [1.82, 2.24) is 4.98 Å². The molecule has 9 nitrogen and oxygen atoms in total. The Kier molecular flexibility index (Phi) is 3.97. The predicted molar refractivity (Wildman–Crippen MR) is 87.6 cm³/mol. The molecule has 0 saturated heterocycles. The number of benzene rings is 2. The molecule has 0 bridgehead atoms. The Morgan fingerprint density at radius 3 is 2.68 bits per heavy atom. The van der Waals surface area contributed by atoms with Crippen LogP contribution < -0.4 is 15.2 Å². The number of methoxy groups -OCH3 is 1. The number of rotatable bonds is 5. The monoisotopic (exact) mass is 364 g/mol. The number of hydrogen-bond donors (Lipinski definition) is 3. The maximum Gasteiger partial charge on any atom is 0.417 e. The van der Waals surface area contributed by atoms with E-state index in [0.717, 1.165) is 6.07 Å². The molecule has 10 heteroatoms. The van der Waals surface area contributed by atoms with Gasteiger partial charge in [0.05, 0.1) is 28.8 Å². The second kappa shape index (κ2) is 5.98. The van der Waals surface area contributed by atoms with Gasteiger partial charge in [-0.3, -0.25) is 9.71 Å². The van der Waals surface area contributed by atoms with E-state index in [4.69, 9.17) is 14.3 Å². The number of sulfonamides is 1. The van der Waals surface area contributed by atoms with Crippen LogP contribution in [0.1, 0.15) is 10.4 Å². The lowest BCUT2D eigenvalue weighted by Crippen LogP contribution is -2.14. The molecule has 25 heavy (non-hydrogen) atoms. The van der Waals surface area contributed by atoms with Gasteiger partial charge in [0.25, 0.3) is 10.0 Å². The maximum atomic E-state index is 12.6. The molecule has 0 spiro atoms. The second-order valence-electron chi connectivity index (χ2n) is 5.00. The van der Waals surface area contributed by atoms with E-state index in [2.05, 4.69) is 9.71 Å². The molecule has 0 atom stereocenters. The number of H-pyrrole nitrogens is 1. The van der Waals surface area contributed by atoms with Crippen molar-refractivity contribution in [2.75, 3.05) is 11.8 Å². The quantitative estimate of drug-likeness (QED) is 0.625. The largest absolute Gasteiger partial charge is 0.495 e. The van der Waals surface area contributed by atoms with Gasteiger partial charge in [-0.2, -0.15) is 0 Å². The number of carboxylic acids is 1. The highest BCUT2D eigenvalue weighted by molar-refractivity contribution is 7.92. The highest BCUT2D eigenvalue weighted by Gasteiger charge is 2.19. The van der Waals surface area contributed by atoms with Crippen molar-refractivity contribution in [3.63, 3.8) is 0 Å². The van der Waals surface area contributed by atoms with Crippen molar-refractivity contribution in [3.05, 3.63) is 52.5 Å². The van der Waals surface area contributed by atoms with Gasteiger partial charge < -0.3 is 14.3 Å². The summed E-state index contributed by atoms with van der Waals surface area (Å²) in [6, 6.07) is 7.63. The lowest BCUT2D eigenvalue weighted by atomic mass is 10.2. The molecule has 0 unspecified atom stereocenters. The van der Waals surface area contributed by atoms with Gasteiger partial charge in [0.1, 0.15) is 5.75 Å². The first-order valence-corrected chi connectivity index (χ1v) is 8.35. The number of carboxylic acid groups (broad SMARTS) is 1. The van der Waals surface area contributed by atoms with Crippen molar-refractivity contribution in [2.24, 2.45) is 0 Å². The standard InChI is InChI=1S/C15H12N2O7S/c1-23-12-5-2-8(14(18)19)6-11(12)17-25(21,22)9-3-4-10-13(7-9)24-15(20)16-10/h2-7,17H,1H3,(H,16,20)(H,18,19). The van der Waals surface area contributed by atoms with E-state index in [-0.39, 0.29) is 27.5 Å². The number of aromatic nitrogens is 1. The third kappa shape index (κ3) is 3.19. The number of aromatic carboxylic acids is 1. The highest BCUT2D eigenvalue weighted by Crippen LogP contribution is 2.28. The topological polar surface area (TPSA) is 139 Å². The minimum absolute atomic E-state index is 0.0296. The van der Waals surface area contributed by atoms with Gasteiger partial charge in [-0.05, 0) is 30.3 Å². The third-order valence-corrected chi connectivity index (χ3v) is 4.76. The molecule has 0 fully saturated rings. The van der Waals surface area contributed by atoms with Crippen molar-refractivity contribution < 1.29 is 27.5 Å². The Morgan fingerprint density at radius 1 is 1.24 bits per heavy atom. The molecule has 130 valence electrons. The first-order chi connectivity index (χ1) is 11.8. The number of carbonyl (C=O) groups is 1. The molecule has 3 rings (SSSR count). The van der Waals surface area contributed by atoms with Gasteiger partial charge in [0, 0.05) is 6.07 Å². The highest BCUT2D eigenvalue weighted by atomic mass is 32.2. The zero-order valence-electron chi connectivity index (χ0n) is 12.8. The van der Waals surface area contributed by atoms with Crippen LogP contribution in [-0.4, -0.2) is 31.6 Å². The zero-order chi connectivity index (χ0) is 18.2. The first kappa shape index (κ1) is 16.6. The van der Waals surface area contributed by atoms with Gasteiger partial charge >= 0.3 is 11.7 Å². The number of anilines is 1. The smallest absolute Gasteiger partial charge is 0.417 e. The summed E-state index contributed by atoms with van der Waals surface area (Å²) in [4.78, 5) is 24.5. The predicted octanol–water partition coefficient (Wildman–Crippen LogP) is 1.63. The third-order valence-electron chi connectivity index (χ3n) is 3.39. The molecule has 0 aliphatic heterocycles. The van der Waals surface area contributed by atoms with Crippen molar-refractivity contribution in [2.45, 2.75) is 4.90 Å². The van der Waals surface area contributed by atoms with Gasteiger partial charge in [-0.15, -0.1) is 0 Å². The van der Waals surface area contributed by atoms with Gasteiger partial charge in [0.2, 0.25) is 0 Å². The van der Waals surface area contributed by atoms with Crippen LogP contribution >= 0.6 is 0 Å². The van der Waals surface area contributed by atoms with E-state index in [9.17, 15) is 18.0 Å². The van der Waals surface area contributed by atoms with Crippen LogP contribution in [0.5, 0.6) is 5.75 Å². The minimum atomic E-state index is -4.07. The summed E-state index contributed by atoms with van der Waals surface area (Å²) in [6.07, 6.45) is 0. The van der Waals surface area contributed by atoms with E-state index in [0.29, 0.717) is 5.52 Å². The normalized spacial score (nSPS) is 11.4. The van der Waals surface area contributed by atoms with Gasteiger partial charge in [0.15, 0.2) is 5.58 Å². The Morgan fingerprint density at radius 2 is 2.00 bits per heavy atom. The Hall–Kier alpha value is -3.27. The van der Waals surface area contributed by atoms with Crippen molar-refractivity contribution in [3.8, 4) is 5.75 Å². The van der Waals surface area contributed by atoms with Gasteiger partial charge in [-0.1, -0.05) is 0 Å². The molecule has 1 heterocycles. The van der Waals surface area contributed by atoms with Crippen LogP contribution in [0.3, 0.4) is 0 Å². The van der Waals surface area contributed by atoms with Crippen LogP contribution in [0.2, 0.25) is 0 Å². The van der Waals surface area contributed by atoms with E-state index in [1.807, 2.05) is 0 Å². The molecule has 1 aromatic heterocycles. The number of fused-ring (bicyclic) bond motifs is 1.